The highest BCUT2D eigenvalue weighted by atomic mass is 14.9. The number of aryl methyl sites for hydroxylation is 1. The van der Waals surface area contributed by atoms with Crippen LogP contribution in [0.1, 0.15) is 43.0 Å². The first-order valence-corrected chi connectivity index (χ1v) is 5.70. The van der Waals surface area contributed by atoms with Gasteiger partial charge >= 0.3 is 0 Å². The zero-order valence-corrected chi connectivity index (χ0v) is 9.14. The van der Waals surface area contributed by atoms with Gasteiger partial charge in [-0.2, -0.15) is 0 Å². The predicted molar refractivity (Wildman–Crippen MR) is 60.6 cm³/mol. The van der Waals surface area contributed by atoms with Gasteiger partial charge in [-0.25, -0.2) is 0 Å². The molecule has 0 bridgehead atoms. The van der Waals surface area contributed by atoms with Gasteiger partial charge in [0.2, 0.25) is 0 Å². The molecule has 0 unspecified atom stereocenters. The monoisotopic (exact) mass is 189 g/mol. The van der Waals surface area contributed by atoms with Gasteiger partial charge in [0.25, 0.3) is 0 Å². The minimum Gasteiger partial charge on any atom is -0.310 e. The molecule has 14 heavy (non-hydrogen) atoms. The summed E-state index contributed by atoms with van der Waals surface area (Å²) in [4.78, 5) is 0. The fourth-order valence-electron chi connectivity index (χ4n) is 2.27. The molecule has 0 spiro atoms. The fourth-order valence-corrected chi connectivity index (χ4v) is 2.27. The molecule has 1 heteroatoms. The lowest BCUT2D eigenvalue weighted by Gasteiger charge is -2.26. The summed E-state index contributed by atoms with van der Waals surface area (Å²) in [5.41, 5.74) is 4.55. The first kappa shape index (κ1) is 9.72. The average molecular weight is 189 g/mol. The Kier molecular flexibility index (Phi) is 2.87. The maximum absolute atomic E-state index is 3.58. The molecular weight excluding hydrogens is 170 g/mol. The Morgan fingerprint density at radius 2 is 2.21 bits per heavy atom. The number of hydrogen-bond acceptors (Lipinski definition) is 1. The van der Waals surface area contributed by atoms with Crippen molar-refractivity contribution in [2.45, 2.75) is 39.2 Å². The van der Waals surface area contributed by atoms with Crippen molar-refractivity contribution in [3.05, 3.63) is 34.9 Å². The fraction of sp³-hybridized carbons (Fsp3) is 0.538. The van der Waals surface area contributed by atoms with Crippen molar-refractivity contribution in [3.63, 3.8) is 0 Å². The molecule has 1 heterocycles. The molecule has 0 saturated heterocycles. The van der Waals surface area contributed by atoms with Crippen LogP contribution in [0.15, 0.2) is 18.2 Å². The quantitative estimate of drug-likeness (QED) is 0.754. The zero-order chi connectivity index (χ0) is 9.97. The molecule has 1 aromatic carbocycles. The van der Waals surface area contributed by atoms with Crippen LogP contribution >= 0.6 is 0 Å². The first-order chi connectivity index (χ1) is 6.85. The smallest absolute Gasteiger partial charge is 0.0320 e. The van der Waals surface area contributed by atoms with Crippen LogP contribution in [0.25, 0.3) is 0 Å². The van der Waals surface area contributed by atoms with Crippen molar-refractivity contribution < 1.29 is 0 Å². The largest absolute Gasteiger partial charge is 0.310 e. The van der Waals surface area contributed by atoms with Gasteiger partial charge in [-0.1, -0.05) is 32.0 Å². The zero-order valence-electron chi connectivity index (χ0n) is 9.14. The second kappa shape index (κ2) is 4.14. The van der Waals surface area contributed by atoms with Crippen molar-refractivity contribution in [1.82, 2.24) is 5.32 Å². The summed E-state index contributed by atoms with van der Waals surface area (Å²) in [6.45, 7) is 5.61. The van der Waals surface area contributed by atoms with E-state index in [0.29, 0.717) is 6.04 Å². The normalized spacial score (nSPS) is 20.6. The lowest BCUT2D eigenvalue weighted by Crippen LogP contribution is -2.29. The van der Waals surface area contributed by atoms with Crippen LogP contribution in [-0.2, 0) is 12.8 Å². The summed E-state index contributed by atoms with van der Waals surface area (Å²) >= 11 is 0. The number of rotatable bonds is 2. The third kappa shape index (κ3) is 1.69. The number of benzene rings is 1. The van der Waals surface area contributed by atoms with Gasteiger partial charge in [-0.05, 0) is 42.5 Å². The third-order valence-electron chi connectivity index (χ3n) is 3.19. The van der Waals surface area contributed by atoms with E-state index in [1.807, 2.05) is 0 Å². The molecule has 0 saturated carbocycles. The van der Waals surface area contributed by atoms with E-state index >= 15 is 0 Å². The van der Waals surface area contributed by atoms with E-state index in [-0.39, 0.29) is 0 Å². The van der Waals surface area contributed by atoms with Gasteiger partial charge in [0.15, 0.2) is 0 Å². The maximum atomic E-state index is 3.58. The van der Waals surface area contributed by atoms with E-state index < -0.39 is 0 Å². The van der Waals surface area contributed by atoms with Crippen LogP contribution in [0.5, 0.6) is 0 Å². The van der Waals surface area contributed by atoms with Crippen LogP contribution in [0.3, 0.4) is 0 Å². The van der Waals surface area contributed by atoms with E-state index in [0.717, 1.165) is 13.0 Å². The molecule has 1 atom stereocenters. The maximum Gasteiger partial charge on any atom is 0.0320 e. The number of nitrogens with one attached hydrogen (secondary N) is 1. The lowest BCUT2D eigenvalue weighted by molar-refractivity contribution is 0.492. The SMILES string of the molecule is CCc1ccc2c(c1)[C@H](CC)NCC2. The minimum absolute atomic E-state index is 0.588. The topological polar surface area (TPSA) is 12.0 Å². The molecule has 0 amide bonds. The van der Waals surface area contributed by atoms with Crippen LogP contribution in [-0.4, -0.2) is 6.54 Å². The summed E-state index contributed by atoms with van der Waals surface area (Å²) in [5.74, 6) is 0. The highest BCUT2D eigenvalue weighted by Gasteiger charge is 2.17. The van der Waals surface area contributed by atoms with Gasteiger partial charge in [0.05, 0.1) is 0 Å². The Morgan fingerprint density at radius 1 is 1.36 bits per heavy atom. The van der Waals surface area contributed by atoms with Crippen molar-refractivity contribution in [2.24, 2.45) is 0 Å². The van der Waals surface area contributed by atoms with E-state index in [1.165, 1.54) is 24.0 Å². The van der Waals surface area contributed by atoms with Crippen molar-refractivity contribution in [3.8, 4) is 0 Å². The molecule has 2 rings (SSSR count). The molecule has 0 fully saturated rings. The highest BCUT2D eigenvalue weighted by molar-refractivity contribution is 5.36. The summed E-state index contributed by atoms with van der Waals surface area (Å²) in [7, 11) is 0. The summed E-state index contributed by atoms with van der Waals surface area (Å²) in [6, 6.07) is 7.56. The molecule has 1 aliphatic heterocycles. The van der Waals surface area contributed by atoms with E-state index in [2.05, 4.69) is 37.4 Å². The molecule has 1 aliphatic rings. The Balaban J connectivity index is 2.38. The van der Waals surface area contributed by atoms with Gasteiger partial charge in [-0.15, -0.1) is 0 Å². The molecule has 76 valence electrons. The van der Waals surface area contributed by atoms with Crippen molar-refractivity contribution in [2.75, 3.05) is 6.54 Å². The Labute approximate surface area is 86.5 Å². The standard InChI is InChI=1S/C13H19N/c1-3-10-5-6-11-7-8-14-13(4-2)12(11)9-10/h5-6,9,13-14H,3-4,7-8H2,1-2H3/t13-/m0/s1. The van der Waals surface area contributed by atoms with Gasteiger partial charge in [-0.3, -0.25) is 0 Å². The summed E-state index contributed by atoms with van der Waals surface area (Å²) in [5, 5.41) is 3.58. The van der Waals surface area contributed by atoms with Crippen molar-refractivity contribution >= 4 is 0 Å². The Hall–Kier alpha value is -0.820. The third-order valence-corrected chi connectivity index (χ3v) is 3.19. The van der Waals surface area contributed by atoms with Gasteiger partial charge in [0, 0.05) is 6.04 Å². The molecule has 0 aromatic heterocycles. The molecule has 1 aromatic rings. The lowest BCUT2D eigenvalue weighted by atomic mass is 9.91. The highest BCUT2D eigenvalue weighted by Crippen LogP contribution is 2.26. The van der Waals surface area contributed by atoms with Crippen LogP contribution < -0.4 is 5.32 Å². The number of fused-ring (bicyclic) bond motifs is 1. The average Bonchev–Trinajstić information content (AvgIpc) is 2.27. The minimum atomic E-state index is 0.588. The molecule has 1 N–H and O–H groups in total. The van der Waals surface area contributed by atoms with E-state index in [4.69, 9.17) is 0 Å². The first-order valence-electron chi connectivity index (χ1n) is 5.70. The van der Waals surface area contributed by atoms with E-state index in [1.54, 1.807) is 5.56 Å². The van der Waals surface area contributed by atoms with Crippen LogP contribution in [0.2, 0.25) is 0 Å². The van der Waals surface area contributed by atoms with E-state index in [9.17, 15) is 0 Å². The van der Waals surface area contributed by atoms with Crippen molar-refractivity contribution in [1.29, 1.82) is 0 Å². The molecule has 0 aliphatic carbocycles. The Bertz CT molecular complexity index is 317. The Morgan fingerprint density at radius 3 is 2.93 bits per heavy atom. The van der Waals surface area contributed by atoms with Gasteiger partial charge < -0.3 is 5.32 Å². The van der Waals surface area contributed by atoms with Crippen LogP contribution in [0.4, 0.5) is 0 Å². The number of hydrogen-bond donors (Lipinski definition) is 1. The molecular formula is C13H19N. The second-order valence-corrected chi connectivity index (χ2v) is 4.05. The predicted octanol–water partition coefficient (Wildman–Crippen LogP) is 2.85. The molecule has 1 nitrogen and oxygen atoms in total. The second-order valence-electron chi connectivity index (χ2n) is 4.05. The summed E-state index contributed by atoms with van der Waals surface area (Å²) < 4.78 is 0. The van der Waals surface area contributed by atoms with Crippen LogP contribution in [0, 0.1) is 0 Å². The molecule has 0 radical (unpaired) electrons. The summed E-state index contributed by atoms with van der Waals surface area (Å²) in [6.07, 6.45) is 3.53. The van der Waals surface area contributed by atoms with Gasteiger partial charge in [0.1, 0.15) is 0 Å².